The molecule has 0 aliphatic heterocycles. The summed E-state index contributed by atoms with van der Waals surface area (Å²) in [7, 11) is 1.61. The molecule has 3 nitrogen and oxygen atoms in total. The normalized spacial score (nSPS) is 12.1. The standard InChI is InChI=1S/C11H14O3/c1-8(7-11(12)13)9-3-5-10(14-2)6-4-9/h3-6,8H,7H2,1-2H3,(H,12,13)/t8-/m0/s1. The Bertz CT molecular complexity index is 303. The molecule has 0 heterocycles. The highest BCUT2D eigenvalue weighted by molar-refractivity contribution is 5.67. The predicted octanol–water partition coefficient (Wildman–Crippen LogP) is 2.27. The largest absolute Gasteiger partial charge is 0.497 e. The van der Waals surface area contributed by atoms with Crippen LogP contribution in [0, 0.1) is 0 Å². The summed E-state index contributed by atoms with van der Waals surface area (Å²) in [6, 6.07) is 7.47. The Balaban J connectivity index is 2.71. The first-order valence-corrected chi connectivity index (χ1v) is 4.49. The van der Waals surface area contributed by atoms with Crippen LogP contribution >= 0.6 is 0 Å². The third-order valence-electron chi connectivity index (χ3n) is 2.17. The fraction of sp³-hybridized carbons (Fsp3) is 0.364. The van der Waals surface area contributed by atoms with Gasteiger partial charge in [0, 0.05) is 0 Å². The zero-order valence-corrected chi connectivity index (χ0v) is 8.36. The van der Waals surface area contributed by atoms with E-state index in [4.69, 9.17) is 9.84 Å². The van der Waals surface area contributed by atoms with Crippen molar-refractivity contribution in [1.82, 2.24) is 0 Å². The van der Waals surface area contributed by atoms with Crippen LogP contribution in [-0.4, -0.2) is 18.2 Å². The zero-order valence-electron chi connectivity index (χ0n) is 8.36. The molecule has 0 saturated carbocycles. The Morgan fingerprint density at radius 3 is 2.43 bits per heavy atom. The minimum Gasteiger partial charge on any atom is -0.497 e. The summed E-state index contributed by atoms with van der Waals surface area (Å²) < 4.78 is 5.01. The highest BCUT2D eigenvalue weighted by atomic mass is 16.5. The maximum Gasteiger partial charge on any atom is 0.303 e. The fourth-order valence-electron chi connectivity index (χ4n) is 1.31. The molecule has 1 rings (SSSR count). The third kappa shape index (κ3) is 2.76. The molecule has 3 heteroatoms. The molecule has 0 bridgehead atoms. The van der Waals surface area contributed by atoms with E-state index in [0.29, 0.717) is 0 Å². The molecule has 0 unspecified atom stereocenters. The number of carbonyl (C=O) groups is 1. The average Bonchev–Trinajstić information content (AvgIpc) is 2.17. The van der Waals surface area contributed by atoms with Gasteiger partial charge in [-0.3, -0.25) is 4.79 Å². The lowest BCUT2D eigenvalue weighted by Gasteiger charge is -2.09. The van der Waals surface area contributed by atoms with Crippen LogP contribution in [-0.2, 0) is 4.79 Å². The molecule has 1 aromatic carbocycles. The van der Waals surface area contributed by atoms with Crippen molar-refractivity contribution in [1.29, 1.82) is 0 Å². The maximum absolute atomic E-state index is 10.5. The molecule has 1 aromatic rings. The summed E-state index contributed by atoms with van der Waals surface area (Å²) in [5, 5.41) is 8.62. The van der Waals surface area contributed by atoms with Crippen LogP contribution in [0.4, 0.5) is 0 Å². The molecule has 0 aromatic heterocycles. The van der Waals surface area contributed by atoms with Crippen molar-refractivity contribution in [2.24, 2.45) is 0 Å². The Morgan fingerprint density at radius 1 is 1.43 bits per heavy atom. The van der Waals surface area contributed by atoms with Crippen molar-refractivity contribution in [2.75, 3.05) is 7.11 Å². The Morgan fingerprint density at radius 2 is 2.00 bits per heavy atom. The average molecular weight is 194 g/mol. The van der Waals surface area contributed by atoms with Gasteiger partial charge in [-0.1, -0.05) is 19.1 Å². The van der Waals surface area contributed by atoms with Crippen LogP contribution in [0.25, 0.3) is 0 Å². The first-order chi connectivity index (χ1) is 6.63. The second-order valence-electron chi connectivity index (χ2n) is 3.27. The summed E-state index contributed by atoms with van der Waals surface area (Å²) in [5.74, 6) is 0.0583. The van der Waals surface area contributed by atoms with Crippen molar-refractivity contribution in [3.8, 4) is 5.75 Å². The first-order valence-electron chi connectivity index (χ1n) is 4.49. The lowest BCUT2D eigenvalue weighted by atomic mass is 9.98. The number of ether oxygens (including phenoxy) is 1. The summed E-state index contributed by atoms with van der Waals surface area (Å²) in [6.45, 7) is 1.90. The number of aliphatic carboxylic acids is 1. The van der Waals surface area contributed by atoms with Crippen molar-refractivity contribution in [3.05, 3.63) is 29.8 Å². The highest BCUT2D eigenvalue weighted by Gasteiger charge is 2.09. The first kappa shape index (κ1) is 10.6. The SMILES string of the molecule is COc1ccc([C@@H](C)CC(=O)O)cc1. The molecule has 0 saturated heterocycles. The minimum absolute atomic E-state index is 0.0402. The molecular formula is C11H14O3. The van der Waals surface area contributed by atoms with Gasteiger partial charge < -0.3 is 9.84 Å². The van der Waals surface area contributed by atoms with Gasteiger partial charge >= 0.3 is 5.97 Å². The zero-order chi connectivity index (χ0) is 10.6. The van der Waals surface area contributed by atoms with E-state index in [1.165, 1.54) is 0 Å². The summed E-state index contributed by atoms with van der Waals surface area (Å²) >= 11 is 0. The van der Waals surface area contributed by atoms with Crippen molar-refractivity contribution in [3.63, 3.8) is 0 Å². The van der Waals surface area contributed by atoms with E-state index < -0.39 is 5.97 Å². The fourth-order valence-corrected chi connectivity index (χ4v) is 1.31. The van der Waals surface area contributed by atoms with E-state index in [0.717, 1.165) is 11.3 Å². The van der Waals surface area contributed by atoms with Gasteiger partial charge in [-0.05, 0) is 23.6 Å². The molecule has 0 radical (unpaired) electrons. The minimum atomic E-state index is -0.770. The van der Waals surface area contributed by atoms with Crippen LogP contribution in [0.5, 0.6) is 5.75 Å². The number of benzene rings is 1. The molecule has 1 N–H and O–H groups in total. The number of hydrogen-bond donors (Lipinski definition) is 1. The van der Waals surface area contributed by atoms with Gasteiger partial charge in [-0.2, -0.15) is 0 Å². The maximum atomic E-state index is 10.5. The predicted molar refractivity (Wildman–Crippen MR) is 53.7 cm³/mol. The van der Waals surface area contributed by atoms with Crippen molar-refractivity contribution in [2.45, 2.75) is 19.3 Å². The number of hydrogen-bond acceptors (Lipinski definition) is 2. The molecule has 14 heavy (non-hydrogen) atoms. The van der Waals surface area contributed by atoms with E-state index in [9.17, 15) is 4.79 Å². The van der Waals surface area contributed by atoms with Gasteiger partial charge in [-0.15, -0.1) is 0 Å². The number of methoxy groups -OCH3 is 1. The van der Waals surface area contributed by atoms with E-state index in [1.54, 1.807) is 7.11 Å². The topological polar surface area (TPSA) is 46.5 Å². The molecule has 0 fully saturated rings. The van der Waals surface area contributed by atoms with Gasteiger partial charge in [0.2, 0.25) is 0 Å². The Labute approximate surface area is 83.3 Å². The van der Waals surface area contributed by atoms with Crippen molar-refractivity contribution < 1.29 is 14.6 Å². The second-order valence-corrected chi connectivity index (χ2v) is 3.27. The van der Waals surface area contributed by atoms with E-state index in [-0.39, 0.29) is 12.3 Å². The Kier molecular flexibility index (Phi) is 3.51. The summed E-state index contributed by atoms with van der Waals surface area (Å²) in [4.78, 5) is 10.5. The second kappa shape index (κ2) is 4.65. The van der Waals surface area contributed by atoms with Gasteiger partial charge in [0.05, 0.1) is 13.5 Å². The van der Waals surface area contributed by atoms with Crippen LogP contribution in [0.15, 0.2) is 24.3 Å². The molecule has 0 aliphatic rings. The van der Waals surface area contributed by atoms with E-state index >= 15 is 0 Å². The summed E-state index contributed by atoms with van der Waals surface area (Å²) in [5.41, 5.74) is 1.02. The van der Waals surface area contributed by atoms with Crippen LogP contribution in [0.2, 0.25) is 0 Å². The van der Waals surface area contributed by atoms with Crippen LogP contribution in [0.3, 0.4) is 0 Å². The molecule has 0 spiro atoms. The van der Waals surface area contributed by atoms with Gasteiger partial charge in [0.15, 0.2) is 0 Å². The number of carboxylic acid groups (broad SMARTS) is 1. The highest BCUT2D eigenvalue weighted by Crippen LogP contribution is 2.21. The monoisotopic (exact) mass is 194 g/mol. The molecule has 0 aliphatic carbocycles. The lowest BCUT2D eigenvalue weighted by molar-refractivity contribution is -0.137. The lowest BCUT2D eigenvalue weighted by Crippen LogP contribution is -2.02. The molecule has 76 valence electrons. The van der Waals surface area contributed by atoms with Gasteiger partial charge in [-0.25, -0.2) is 0 Å². The number of carboxylic acids is 1. The smallest absolute Gasteiger partial charge is 0.303 e. The van der Waals surface area contributed by atoms with E-state index in [2.05, 4.69) is 0 Å². The van der Waals surface area contributed by atoms with Gasteiger partial charge in [0.1, 0.15) is 5.75 Å². The number of rotatable bonds is 4. The summed E-state index contributed by atoms with van der Waals surface area (Å²) in [6.07, 6.45) is 0.159. The molecule has 0 amide bonds. The Hall–Kier alpha value is -1.51. The van der Waals surface area contributed by atoms with Crippen molar-refractivity contribution >= 4 is 5.97 Å². The van der Waals surface area contributed by atoms with Gasteiger partial charge in [0.25, 0.3) is 0 Å². The quantitative estimate of drug-likeness (QED) is 0.799. The molecular weight excluding hydrogens is 180 g/mol. The van der Waals surface area contributed by atoms with Crippen LogP contribution < -0.4 is 4.74 Å². The molecule has 1 atom stereocenters. The van der Waals surface area contributed by atoms with E-state index in [1.807, 2.05) is 31.2 Å². The van der Waals surface area contributed by atoms with Crippen LogP contribution in [0.1, 0.15) is 24.8 Å². The third-order valence-corrected chi connectivity index (χ3v) is 2.17.